The lowest BCUT2D eigenvalue weighted by atomic mass is 10.1. The molecule has 2 aromatic carbocycles. The van der Waals surface area contributed by atoms with E-state index >= 15 is 0 Å². The zero-order chi connectivity index (χ0) is 18.6. The lowest BCUT2D eigenvalue weighted by Gasteiger charge is -2.14. The Kier molecular flexibility index (Phi) is 5.55. The molecule has 1 amide bonds. The quantitative estimate of drug-likeness (QED) is 0.597. The van der Waals surface area contributed by atoms with Gasteiger partial charge in [0, 0.05) is 36.8 Å². The number of amides is 1. The minimum absolute atomic E-state index is 0.0290. The van der Waals surface area contributed by atoms with Gasteiger partial charge in [0.15, 0.2) is 0 Å². The van der Waals surface area contributed by atoms with Gasteiger partial charge < -0.3 is 15.7 Å². The summed E-state index contributed by atoms with van der Waals surface area (Å²) in [6.07, 6.45) is -0.473. The molecule has 1 aliphatic rings. The van der Waals surface area contributed by atoms with Crippen molar-refractivity contribution in [2.24, 2.45) is 5.92 Å². The van der Waals surface area contributed by atoms with Crippen LogP contribution in [-0.4, -0.2) is 45.2 Å². The summed E-state index contributed by atoms with van der Waals surface area (Å²) >= 11 is 0. The minimum Gasteiger partial charge on any atom is -0.391 e. The predicted molar refractivity (Wildman–Crippen MR) is 98.4 cm³/mol. The first-order valence-corrected chi connectivity index (χ1v) is 9.79. The van der Waals surface area contributed by atoms with Crippen molar-refractivity contribution in [3.05, 3.63) is 60.2 Å². The Bertz CT molecular complexity index is 871. The van der Waals surface area contributed by atoms with Crippen molar-refractivity contribution in [2.75, 3.05) is 24.4 Å². The molecule has 0 spiro atoms. The number of nitrogens with one attached hydrogen (secondary N) is 3. The zero-order valence-electron chi connectivity index (χ0n) is 14.1. The van der Waals surface area contributed by atoms with Crippen LogP contribution in [0.5, 0.6) is 0 Å². The van der Waals surface area contributed by atoms with Crippen LogP contribution in [0.1, 0.15) is 10.4 Å². The van der Waals surface area contributed by atoms with Gasteiger partial charge in [-0.15, -0.1) is 0 Å². The molecule has 2 unspecified atom stereocenters. The van der Waals surface area contributed by atoms with Gasteiger partial charge in [0.25, 0.3) is 15.9 Å². The number of carbonyl (C=O) groups is 1. The molecular weight excluding hydrogens is 354 g/mol. The van der Waals surface area contributed by atoms with Gasteiger partial charge in [-0.3, -0.25) is 9.52 Å². The van der Waals surface area contributed by atoms with Gasteiger partial charge in [-0.05, 0) is 30.3 Å². The predicted octanol–water partition coefficient (Wildman–Crippen LogP) is 0.798. The number of aliphatic hydroxyl groups excluding tert-OH is 1. The number of anilines is 1. The molecule has 2 aromatic rings. The second kappa shape index (κ2) is 7.86. The molecule has 4 N–H and O–H groups in total. The molecule has 0 radical (unpaired) electrons. The highest BCUT2D eigenvalue weighted by Gasteiger charge is 2.25. The van der Waals surface area contributed by atoms with Crippen LogP contribution >= 0.6 is 0 Å². The average Bonchev–Trinajstić information content (AvgIpc) is 3.05. The highest BCUT2D eigenvalue weighted by molar-refractivity contribution is 7.92. The maximum atomic E-state index is 12.4. The van der Waals surface area contributed by atoms with Crippen molar-refractivity contribution in [1.29, 1.82) is 0 Å². The van der Waals surface area contributed by atoms with Gasteiger partial charge in [-0.1, -0.05) is 24.3 Å². The van der Waals surface area contributed by atoms with Gasteiger partial charge in [0.05, 0.1) is 11.0 Å². The van der Waals surface area contributed by atoms with Crippen molar-refractivity contribution in [3.63, 3.8) is 0 Å². The van der Waals surface area contributed by atoms with Crippen molar-refractivity contribution >= 4 is 21.6 Å². The third kappa shape index (κ3) is 4.40. The molecule has 0 saturated carbocycles. The van der Waals surface area contributed by atoms with Crippen molar-refractivity contribution in [3.8, 4) is 0 Å². The standard InChI is InChI=1S/C18H21N3O4S/c22-17-12-19-10-14(17)11-20-18(23)13-5-4-6-15(9-13)21-26(24,25)16-7-2-1-3-8-16/h1-9,14,17,19,21-22H,10-12H2,(H,20,23). The van der Waals surface area contributed by atoms with E-state index in [-0.39, 0.29) is 16.7 Å². The molecule has 138 valence electrons. The summed E-state index contributed by atoms with van der Waals surface area (Å²) in [7, 11) is -3.71. The smallest absolute Gasteiger partial charge is 0.261 e. The molecule has 2 atom stereocenters. The van der Waals surface area contributed by atoms with E-state index in [1.165, 1.54) is 18.2 Å². The van der Waals surface area contributed by atoms with Crippen molar-refractivity contribution in [2.45, 2.75) is 11.0 Å². The van der Waals surface area contributed by atoms with Crippen LogP contribution in [0, 0.1) is 5.92 Å². The van der Waals surface area contributed by atoms with E-state index < -0.39 is 16.1 Å². The molecule has 1 saturated heterocycles. The number of benzene rings is 2. The lowest BCUT2D eigenvalue weighted by Crippen LogP contribution is -2.34. The van der Waals surface area contributed by atoms with E-state index in [9.17, 15) is 18.3 Å². The number of hydrogen-bond acceptors (Lipinski definition) is 5. The number of carbonyl (C=O) groups excluding carboxylic acids is 1. The minimum atomic E-state index is -3.71. The van der Waals surface area contributed by atoms with Gasteiger partial charge in [0.1, 0.15) is 0 Å². The van der Waals surface area contributed by atoms with Crippen molar-refractivity contribution < 1.29 is 18.3 Å². The third-order valence-corrected chi connectivity index (χ3v) is 5.66. The summed E-state index contributed by atoms with van der Waals surface area (Å²) in [6.45, 7) is 1.53. The van der Waals surface area contributed by atoms with Crippen LogP contribution in [0.3, 0.4) is 0 Å². The first-order chi connectivity index (χ1) is 12.5. The Labute approximate surface area is 152 Å². The fraction of sp³-hybridized carbons (Fsp3) is 0.278. The average molecular weight is 375 g/mol. The summed E-state index contributed by atoms with van der Waals surface area (Å²) in [5.41, 5.74) is 0.655. The topological polar surface area (TPSA) is 108 Å². The van der Waals surface area contributed by atoms with E-state index in [0.29, 0.717) is 30.9 Å². The molecule has 1 fully saturated rings. The monoisotopic (exact) mass is 375 g/mol. The molecule has 0 bridgehead atoms. The van der Waals surface area contributed by atoms with E-state index in [4.69, 9.17) is 0 Å². The van der Waals surface area contributed by atoms with Crippen LogP contribution in [0.4, 0.5) is 5.69 Å². The Hall–Kier alpha value is -2.42. The number of rotatable bonds is 6. The van der Waals surface area contributed by atoms with Crippen LogP contribution in [0.2, 0.25) is 0 Å². The Morgan fingerprint density at radius 2 is 1.88 bits per heavy atom. The molecular formula is C18H21N3O4S. The van der Waals surface area contributed by atoms with Gasteiger partial charge in [-0.25, -0.2) is 8.42 Å². The normalized spacial score (nSPS) is 19.9. The van der Waals surface area contributed by atoms with Gasteiger partial charge >= 0.3 is 0 Å². The molecule has 26 heavy (non-hydrogen) atoms. The first-order valence-electron chi connectivity index (χ1n) is 8.30. The summed E-state index contributed by atoms with van der Waals surface area (Å²) in [5, 5.41) is 15.6. The fourth-order valence-electron chi connectivity index (χ4n) is 2.79. The Balaban J connectivity index is 1.67. The molecule has 1 aliphatic heterocycles. The van der Waals surface area contributed by atoms with Gasteiger partial charge in [0.2, 0.25) is 0 Å². The Morgan fingerprint density at radius 3 is 2.58 bits per heavy atom. The number of aliphatic hydroxyl groups is 1. The highest BCUT2D eigenvalue weighted by atomic mass is 32.2. The number of sulfonamides is 1. The first kappa shape index (κ1) is 18.4. The van der Waals surface area contributed by atoms with Crippen molar-refractivity contribution in [1.82, 2.24) is 10.6 Å². The van der Waals surface area contributed by atoms with Crippen LogP contribution in [0.15, 0.2) is 59.5 Å². The van der Waals surface area contributed by atoms with E-state index in [1.807, 2.05) is 0 Å². The SMILES string of the molecule is O=C(NCC1CNCC1O)c1cccc(NS(=O)(=O)c2ccccc2)c1. The molecule has 1 heterocycles. The Morgan fingerprint density at radius 1 is 1.12 bits per heavy atom. The highest BCUT2D eigenvalue weighted by Crippen LogP contribution is 2.17. The maximum absolute atomic E-state index is 12.4. The van der Waals surface area contributed by atoms with Crippen LogP contribution in [-0.2, 0) is 10.0 Å². The molecule has 7 nitrogen and oxygen atoms in total. The lowest BCUT2D eigenvalue weighted by molar-refractivity contribution is 0.0927. The third-order valence-electron chi connectivity index (χ3n) is 4.26. The molecule has 0 aromatic heterocycles. The molecule has 0 aliphatic carbocycles. The second-order valence-electron chi connectivity index (χ2n) is 6.20. The summed E-state index contributed by atoms with van der Waals surface area (Å²) in [5.74, 6) is -0.344. The van der Waals surface area contributed by atoms with E-state index in [0.717, 1.165) is 0 Å². The summed E-state index contributed by atoms with van der Waals surface area (Å²) < 4.78 is 27.2. The maximum Gasteiger partial charge on any atom is 0.261 e. The number of β-amino-alcohol motifs (C(OH)–C–C–N with tert-alkyl or cyclic N) is 1. The van der Waals surface area contributed by atoms with E-state index in [1.54, 1.807) is 36.4 Å². The fourth-order valence-corrected chi connectivity index (χ4v) is 3.86. The zero-order valence-corrected chi connectivity index (χ0v) is 14.9. The van der Waals surface area contributed by atoms with Crippen LogP contribution < -0.4 is 15.4 Å². The molecule has 8 heteroatoms. The van der Waals surface area contributed by atoms with Crippen LogP contribution in [0.25, 0.3) is 0 Å². The number of hydrogen-bond donors (Lipinski definition) is 4. The van der Waals surface area contributed by atoms with E-state index in [2.05, 4.69) is 15.4 Å². The van der Waals surface area contributed by atoms with Gasteiger partial charge in [-0.2, -0.15) is 0 Å². The second-order valence-corrected chi connectivity index (χ2v) is 7.88. The largest absolute Gasteiger partial charge is 0.391 e. The molecule has 3 rings (SSSR count). The summed E-state index contributed by atoms with van der Waals surface area (Å²) in [6, 6.07) is 14.3. The summed E-state index contributed by atoms with van der Waals surface area (Å²) in [4.78, 5) is 12.5.